The van der Waals surface area contributed by atoms with Crippen LogP contribution in [0.3, 0.4) is 0 Å². The lowest BCUT2D eigenvalue weighted by molar-refractivity contribution is -0.161. The lowest BCUT2D eigenvalue weighted by atomic mass is 10.3. The summed E-state index contributed by atoms with van der Waals surface area (Å²) in [6.45, 7) is 0. The predicted molar refractivity (Wildman–Crippen MR) is 22.9 cm³/mol. The van der Waals surface area contributed by atoms with Crippen molar-refractivity contribution < 1.29 is 27.5 Å². The first-order valence-electron chi connectivity index (χ1n) is 2.00. The van der Waals surface area contributed by atoms with Gasteiger partial charge in [0.2, 0.25) is 5.83 Å². The third-order valence-electron chi connectivity index (χ3n) is 0.664. The highest BCUT2D eigenvalue weighted by molar-refractivity contribution is 5.78. The molecule has 0 saturated heterocycles. The molecule has 0 radical (unpaired) electrons. The van der Waals surface area contributed by atoms with Gasteiger partial charge in [-0.3, -0.25) is 0 Å². The molecule has 0 aromatic carbocycles. The Kier molecular flexibility index (Phi) is 2.39. The number of aliphatic carboxylic acids is 1. The van der Waals surface area contributed by atoms with Crippen LogP contribution in [-0.4, -0.2) is 17.0 Å². The molecule has 10 heavy (non-hydrogen) atoms. The van der Waals surface area contributed by atoms with Crippen LogP contribution in [0.5, 0.6) is 0 Å². The van der Waals surface area contributed by atoms with E-state index in [-0.39, 0.29) is 0 Å². The van der Waals surface area contributed by atoms with Crippen LogP contribution in [-0.2, 0) is 4.79 Å². The van der Waals surface area contributed by atoms with Gasteiger partial charge in [0.05, 0.1) is 0 Å². The van der Waals surface area contributed by atoms with Crippen molar-refractivity contribution in [2.24, 2.45) is 0 Å². The summed E-state index contributed by atoms with van der Waals surface area (Å²) < 4.78 is 45.8. The Morgan fingerprint density at radius 3 is 2.00 bits per heavy atom. The number of carboxylic acid groups (broad SMARTS) is 1. The molecule has 0 fully saturated rings. The first kappa shape index (κ1) is 8.93. The highest BCUT2D eigenvalue weighted by atomic mass is 19.3. The summed E-state index contributed by atoms with van der Waals surface area (Å²) in [5.41, 5.74) is 0. The molecule has 0 aliphatic rings. The SMILES string of the molecule is O=C(O)C(F)(F)C(F)=CF. The molecule has 0 unspecified atom stereocenters. The smallest absolute Gasteiger partial charge is 0.395 e. The van der Waals surface area contributed by atoms with E-state index in [2.05, 4.69) is 0 Å². The molecule has 0 spiro atoms. The van der Waals surface area contributed by atoms with Crippen molar-refractivity contribution in [1.29, 1.82) is 0 Å². The lowest BCUT2D eigenvalue weighted by Gasteiger charge is -2.05. The van der Waals surface area contributed by atoms with Crippen LogP contribution < -0.4 is 0 Å². The van der Waals surface area contributed by atoms with E-state index in [0.29, 0.717) is 0 Å². The Balaban J connectivity index is 4.56. The van der Waals surface area contributed by atoms with Gasteiger partial charge in [-0.05, 0) is 0 Å². The van der Waals surface area contributed by atoms with E-state index in [9.17, 15) is 22.4 Å². The Labute approximate surface area is 52.8 Å². The number of rotatable bonds is 2. The van der Waals surface area contributed by atoms with Crippen molar-refractivity contribution in [2.45, 2.75) is 5.92 Å². The minimum Gasteiger partial charge on any atom is -0.476 e. The van der Waals surface area contributed by atoms with E-state index in [0.717, 1.165) is 0 Å². The molecule has 0 aromatic heterocycles. The van der Waals surface area contributed by atoms with Gasteiger partial charge in [0.25, 0.3) is 0 Å². The summed E-state index contributed by atoms with van der Waals surface area (Å²) in [5, 5.41) is 7.55. The van der Waals surface area contributed by atoms with Crippen LogP contribution in [0.15, 0.2) is 12.2 Å². The van der Waals surface area contributed by atoms with Crippen LogP contribution in [0.25, 0.3) is 0 Å². The van der Waals surface area contributed by atoms with Crippen LogP contribution in [0, 0.1) is 0 Å². The molecule has 0 rings (SSSR count). The fourth-order valence-electron chi connectivity index (χ4n) is 0.171. The van der Waals surface area contributed by atoms with Crippen molar-refractivity contribution in [3.8, 4) is 0 Å². The van der Waals surface area contributed by atoms with E-state index in [1.54, 1.807) is 0 Å². The van der Waals surface area contributed by atoms with Crippen molar-refractivity contribution in [2.75, 3.05) is 0 Å². The molecule has 0 aliphatic heterocycles. The summed E-state index contributed by atoms with van der Waals surface area (Å²) in [7, 11) is 0. The summed E-state index contributed by atoms with van der Waals surface area (Å²) >= 11 is 0. The van der Waals surface area contributed by atoms with Crippen molar-refractivity contribution in [3.63, 3.8) is 0 Å². The Hall–Kier alpha value is -1.07. The van der Waals surface area contributed by atoms with Crippen molar-refractivity contribution >= 4 is 5.97 Å². The normalized spacial score (nSPS) is 13.4. The summed E-state index contributed by atoms with van der Waals surface area (Å²) in [4.78, 5) is 9.42. The monoisotopic (exact) mass is 158 g/mol. The van der Waals surface area contributed by atoms with Crippen molar-refractivity contribution in [1.82, 2.24) is 0 Å². The Bertz CT molecular complexity index is 174. The number of halogens is 4. The third-order valence-corrected chi connectivity index (χ3v) is 0.664. The van der Waals surface area contributed by atoms with E-state index >= 15 is 0 Å². The summed E-state index contributed by atoms with van der Waals surface area (Å²) in [6.07, 6.45) is -1.09. The summed E-state index contributed by atoms with van der Waals surface area (Å²) in [5.74, 6) is -10.1. The van der Waals surface area contributed by atoms with Gasteiger partial charge in [-0.2, -0.15) is 8.78 Å². The maximum Gasteiger partial charge on any atom is 0.395 e. The third kappa shape index (κ3) is 1.46. The largest absolute Gasteiger partial charge is 0.476 e. The average molecular weight is 158 g/mol. The Morgan fingerprint density at radius 2 is 1.90 bits per heavy atom. The number of hydrogen-bond donors (Lipinski definition) is 1. The van der Waals surface area contributed by atoms with Crippen LogP contribution in [0.4, 0.5) is 17.6 Å². The minimum atomic E-state index is -4.76. The fraction of sp³-hybridized carbons (Fsp3) is 0.250. The molecule has 6 heteroatoms. The van der Waals surface area contributed by atoms with E-state index < -0.39 is 24.0 Å². The number of alkyl halides is 2. The maximum atomic E-state index is 11.7. The molecule has 58 valence electrons. The maximum absolute atomic E-state index is 11.7. The zero-order valence-electron chi connectivity index (χ0n) is 4.44. The van der Waals surface area contributed by atoms with E-state index in [4.69, 9.17) is 5.11 Å². The molecule has 0 aliphatic carbocycles. The Morgan fingerprint density at radius 1 is 1.50 bits per heavy atom. The number of carboxylic acids is 1. The molecular weight excluding hydrogens is 156 g/mol. The molecule has 0 bridgehead atoms. The quantitative estimate of drug-likeness (QED) is 0.618. The zero-order valence-corrected chi connectivity index (χ0v) is 4.44. The van der Waals surface area contributed by atoms with Gasteiger partial charge >= 0.3 is 11.9 Å². The van der Waals surface area contributed by atoms with Gasteiger partial charge in [-0.1, -0.05) is 0 Å². The van der Waals surface area contributed by atoms with Crippen LogP contribution >= 0.6 is 0 Å². The molecule has 0 saturated carbocycles. The second kappa shape index (κ2) is 2.68. The fourth-order valence-corrected chi connectivity index (χ4v) is 0.171. The van der Waals surface area contributed by atoms with Crippen LogP contribution in [0.2, 0.25) is 0 Å². The van der Waals surface area contributed by atoms with Gasteiger partial charge in [0.1, 0.15) is 6.33 Å². The first-order chi connectivity index (χ1) is 4.42. The molecule has 2 nitrogen and oxygen atoms in total. The van der Waals surface area contributed by atoms with Gasteiger partial charge in [0.15, 0.2) is 0 Å². The van der Waals surface area contributed by atoms with E-state index in [1.807, 2.05) is 0 Å². The molecule has 0 heterocycles. The highest BCUT2D eigenvalue weighted by Gasteiger charge is 2.44. The lowest BCUT2D eigenvalue weighted by Crippen LogP contribution is -2.28. The van der Waals surface area contributed by atoms with Gasteiger partial charge in [-0.25, -0.2) is 13.6 Å². The van der Waals surface area contributed by atoms with Crippen molar-refractivity contribution in [3.05, 3.63) is 12.2 Å². The van der Waals surface area contributed by atoms with Gasteiger partial charge < -0.3 is 5.11 Å². The number of carbonyl (C=O) groups is 1. The zero-order chi connectivity index (χ0) is 8.36. The van der Waals surface area contributed by atoms with Gasteiger partial charge in [-0.15, -0.1) is 0 Å². The van der Waals surface area contributed by atoms with E-state index in [1.165, 1.54) is 0 Å². The molecule has 0 atom stereocenters. The standard InChI is InChI=1S/C4H2F4O2/c5-1-2(6)4(7,8)3(9)10/h1H,(H,9,10). The molecule has 1 N–H and O–H groups in total. The average Bonchev–Trinajstić information content (AvgIpc) is 1.86. The van der Waals surface area contributed by atoms with Crippen LogP contribution in [0.1, 0.15) is 0 Å². The first-order valence-corrected chi connectivity index (χ1v) is 2.00. The number of hydrogen-bond acceptors (Lipinski definition) is 1. The summed E-state index contributed by atoms with van der Waals surface area (Å²) in [6, 6.07) is 0. The molecule has 0 amide bonds. The second-order valence-electron chi connectivity index (χ2n) is 1.34. The minimum absolute atomic E-state index is 1.09. The highest BCUT2D eigenvalue weighted by Crippen LogP contribution is 2.25. The molecule has 0 aromatic rings. The predicted octanol–water partition coefficient (Wildman–Crippen LogP) is 1.49. The second-order valence-corrected chi connectivity index (χ2v) is 1.34. The van der Waals surface area contributed by atoms with Gasteiger partial charge in [0, 0.05) is 0 Å². The topological polar surface area (TPSA) is 37.3 Å². The molecular formula is C4H2F4O2.